The number of piperidine rings is 1. The molecule has 2 N–H and O–H groups in total. The van der Waals surface area contributed by atoms with E-state index < -0.39 is 17.8 Å². The fourth-order valence-electron chi connectivity index (χ4n) is 7.75. The molecule has 4 aromatic rings. The molecule has 11 heteroatoms. The molecule has 3 fully saturated rings. The van der Waals surface area contributed by atoms with Crippen molar-refractivity contribution in [1.29, 1.82) is 0 Å². The summed E-state index contributed by atoms with van der Waals surface area (Å²) in [5, 5.41) is 15.1. The number of pyridine rings is 1. The zero-order valence-corrected chi connectivity index (χ0v) is 26.5. The van der Waals surface area contributed by atoms with Crippen molar-refractivity contribution in [2.45, 2.75) is 76.4 Å². The summed E-state index contributed by atoms with van der Waals surface area (Å²) in [7, 11) is 0. The Morgan fingerprint density at radius 1 is 0.957 bits per heavy atom. The highest BCUT2D eigenvalue weighted by Crippen LogP contribution is 2.49. The van der Waals surface area contributed by atoms with E-state index in [1.807, 2.05) is 29.2 Å². The molecule has 0 spiro atoms. The highest BCUT2D eigenvalue weighted by molar-refractivity contribution is 6.32. The van der Waals surface area contributed by atoms with Crippen LogP contribution >= 0.6 is 11.6 Å². The predicted molar refractivity (Wildman–Crippen MR) is 174 cm³/mol. The lowest BCUT2D eigenvalue weighted by atomic mass is 9.76. The van der Waals surface area contributed by atoms with E-state index in [0.717, 1.165) is 43.4 Å². The zero-order chi connectivity index (χ0) is 31.8. The van der Waals surface area contributed by atoms with Gasteiger partial charge in [0.25, 0.3) is 5.91 Å². The van der Waals surface area contributed by atoms with Gasteiger partial charge in [-0.05, 0) is 80.3 Å². The summed E-state index contributed by atoms with van der Waals surface area (Å²) in [5.74, 6) is -1.28. The molecule has 1 aliphatic heterocycles. The predicted octanol–water partition coefficient (Wildman–Crippen LogP) is 7.13. The molecule has 2 saturated carbocycles. The molecule has 1 saturated heterocycles. The summed E-state index contributed by atoms with van der Waals surface area (Å²) in [6.45, 7) is 1.76. The first kappa shape index (κ1) is 30.3. The van der Waals surface area contributed by atoms with Gasteiger partial charge >= 0.3 is 0 Å². The van der Waals surface area contributed by atoms with Gasteiger partial charge in [0.2, 0.25) is 5.91 Å². The van der Waals surface area contributed by atoms with E-state index in [1.54, 1.807) is 25.1 Å². The minimum absolute atomic E-state index is 0.0672. The van der Waals surface area contributed by atoms with E-state index in [4.69, 9.17) is 11.6 Å². The van der Waals surface area contributed by atoms with E-state index in [9.17, 15) is 9.59 Å². The average Bonchev–Trinajstić information content (AvgIpc) is 3.84. The molecule has 9 nitrogen and oxygen atoms in total. The van der Waals surface area contributed by atoms with Crippen LogP contribution in [0.3, 0.4) is 0 Å². The fraction of sp³-hybridized carbons (Fsp3) is 0.400. The van der Waals surface area contributed by atoms with Crippen LogP contribution in [-0.2, 0) is 4.79 Å². The molecule has 3 heterocycles. The average molecular weight is 642 g/mol. The molecule has 3 aliphatic rings. The summed E-state index contributed by atoms with van der Waals surface area (Å²) in [4.78, 5) is 36.3. The molecular formula is C35H37ClFN7O2. The number of hydrogen-bond acceptors (Lipinski definition) is 6. The number of hydrogen-bond donors (Lipinski definition) is 2. The van der Waals surface area contributed by atoms with Crippen LogP contribution in [0.1, 0.15) is 78.9 Å². The quantitative estimate of drug-likeness (QED) is 0.222. The van der Waals surface area contributed by atoms with Crippen molar-refractivity contribution < 1.29 is 14.0 Å². The Morgan fingerprint density at radius 2 is 1.72 bits per heavy atom. The molecule has 46 heavy (non-hydrogen) atoms. The highest BCUT2D eigenvalue weighted by atomic mass is 35.5. The van der Waals surface area contributed by atoms with Crippen LogP contribution in [0.4, 0.5) is 15.8 Å². The lowest BCUT2D eigenvalue weighted by molar-refractivity contribution is -0.125. The molecule has 0 bridgehead atoms. The topological polar surface area (TPSA) is 105 Å². The van der Waals surface area contributed by atoms with Crippen LogP contribution in [0, 0.1) is 24.6 Å². The molecule has 2 aliphatic carbocycles. The maximum absolute atomic E-state index is 15.3. The van der Waals surface area contributed by atoms with Gasteiger partial charge in [0.1, 0.15) is 5.82 Å². The Labute approximate surface area is 272 Å². The van der Waals surface area contributed by atoms with Gasteiger partial charge in [-0.3, -0.25) is 9.59 Å². The second kappa shape index (κ2) is 12.8. The third kappa shape index (κ3) is 5.86. The number of rotatable bonds is 7. The largest absolute Gasteiger partial charge is 0.382 e. The van der Waals surface area contributed by atoms with Crippen molar-refractivity contribution in [3.05, 3.63) is 94.7 Å². The summed E-state index contributed by atoms with van der Waals surface area (Å²) in [6.07, 6.45) is 12.6. The van der Waals surface area contributed by atoms with Crippen molar-refractivity contribution in [3.8, 4) is 5.82 Å². The van der Waals surface area contributed by atoms with Crippen LogP contribution in [-0.4, -0.2) is 48.8 Å². The Bertz CT molecular complexity index is 1710. The standard InChI is InChI=1S/C35H37ClFN7O2/c1-21-6-4-10-29(37)31(21)35(46)43-30-11-5-7-23(30)18-27(32(43)22-12-14-25(15-13-22)41-24-8-2-3-9-24)34(45)42-26-19-28(36)33(38-20-26)44-39-16-17-40-44/h4,6,10,12-17,19-20,23-24,27,30,32,41H,2-3,5,7-9,11,18H2,1H3,(H,42,45). The molecule has 2 amide bonds. The number of halogens is 2. The Morgan fingerprint density at radius 3 is 2.43 bits per heavy atom. The number of carbonyl (C=O) groups is 2. The van der Waals surface area contributed by atoms with Gasteiger partial charge < -0.3 is 15.5 Å². The van der Waals surface area contributed by atoms with Gasteiger partial charge in [-0.2, -0.15) is 10.2 Å². The Kier molecular flexibility index (Phi) is 8.46. The monoisotopic (exact) mass is 641 g/mol. The minimum atomic E-state index is -0.595. The molecular weight excluding hydrogens is 605 g/mol. The van der Waals surface area contributed by atoms with Crippen molar-refractivity contribution >= 4 is 34.8 Å². The van der Waals surface area contributed by atoms with Crippen LogP contribution in [0.15, 0.2) is 67.1 Å². The summed E-state index contributed by atoms with van der Waals surface area (Å²) >= 11 is 6.52. The van der Waals surface area contributed by atoms with Gasteiger partial charge in [0.05, 0.1) is 46.8 Å². The fourth-order valence-corrected chi connectivity index (χ4v) is 8.00. The minimum Gasteiger partial charge on any atom is -0.382 e. The molecule has 2 aromatic heterocycles. The number of amides is 2. The highest BCUT2D eigenvalue weighted by Gasteiger charge is 2.50. The Hall–Kier alpha value is -4.31. The van der Waals surface area contributed by atoms with Crippen molar-refractivity contribution in [2.24, 2.45) is 11.8 Å². The van der Waals surface area contributed by atoms with E-state index in [-0.39, 0.29) is 34.4 Å². The van der Waals surface area contributed by atoms with Gasteiger partial charge in [0, 0.05) is 17.8 Å². The maximum atomic E-state index is 15.3. The normalized spacial score (nSPS) is 22.9. The number of fused-ring (bicyclic) bond motifs is 1. The van der Waals surface area contributed by atoms with Crippen LogP contribution in [0.25, 0.3) is 5.82 Å². The molecule has 4 unspecified atom stereocenters. The van der Waals surface area contributed by atoms with Gasteiger partial charge in [-0.15, -0.1) is 4.80 Å². The van der Waals surface area contributed by atoms with Crippen LogP contribution in [0.2, 0.25) is 5.02 Å². The molecule has 7 rings (SSSR count). The van der Waals surface area contributed by atoms with Crippen LogP contribution < -0.4 is 10.6 Å². The van der Waals surface area contributed by atoms with Crippen molar-refractivity contribution in [1.82, 2.24) is 24.9 Å². The van der Waals surface area contributed by atoms with Gasteiger partial charge in [0.15, 0.2) is 5.82 Å². The number of nitrogens with zero attached hydrogens (tertiary/aromatic N) is 5. The molecule has 4 atom stereocenters. The number of likely N-dealkylation sites (tertiary alicyclic amines) is 1. The number of benzene rings is 2. The SMILES string of the molecule is Cc1cccc(F)c1C(=O)N1C2CCCC2CC(C(=O)Nc2cnc(-n3nccn3)c(Cl)c2)C1c1ccc(NC2CCCC2)cc1. The lowest BCUT2D eigenvalue weighted by Crippen LogP contribution is -2.54. The smallest absolute Gasteiger partial charge is 0.257 e. The second-order valence-corrected chi connectivity index (χ2v) is 13.2. The summed E-state index contributed by atoms with van der Waals surface area (Å²) < 4.78 is 15.3. The third-order valence-corrected chi connectivity index (χ3v) is 10.2. The second-order valence-electron chi connectivity index (χ2n) is 12.8. The van der Waals surface area contributed by atoms with Crippen LogP contribution in [0.5, 0.6) is 0 Å². The van der Waals surface area contributed by atoms with E-state index in [2.05, 4.69) is 25.8 Å². The van der Waals surface area contributed by atoms with E-state index >= 15 is 4.39 Å². The van der Waals surface area contributed by atoms with Gasteiger partial charge in [-0.25, -0.2) is 9.37 Å². The summed E-state index contributed by atoms with van der Waals surface area (Å²) in [6, 6.07) is 14.2. The molecule has 238 valence electrons. The third-order valence-electron chi connectivity index (χ3n) is 9.90. The number of aromatic nitrogens is 4. The van der Waals surface area contributed by atoms with E-state index in [0.29, 0.717) is 29.5 Å². The van der Waals surface area contributed by atoms with Gasteiger partial charge in [-0.1, -0.05) is 55.1 Å². The number of anilines is 2. The van der Waals surface area contributed by atoms with Crippen molar-refractivity contribution in [3.63, 3.8) is 0 Å². The first-order valence-corrected chi connectivity index (χ1v) is 16.5. The Balaban J connectivity index is 1.25. The first-order chi connectivity index (χ1) is 22.4. The summed E-state index contributed by atoms with van der Waals surface area (Å²) in [5.41, 5.74) is 2.94. The molecule has 0 radical (unpaired) electrons. The number of aryl methyl sites for hydroxylation is 1. The number of carbonyl (C=O) groups excluding carboxylic acids is 2. The molecule has 2 aromatic carbocycles. The number of nitrogens with one attached hydrogen (secondary N) is 2. The van der Waals surface area contributed by atoms with E-state index in [1.165, 1.54) is 42.3 Å². The lowest BCUT2D eigenvalue weighted by Gasteiger charge is -2.48. The van der Waals surface area contributed by atoms with Crippen molar-refractivity contribution in [2.75, 3.05) is 10.6 Å². The first-order valence-electron chi connectivity index (χ1n) is 16.1. The maximum Gasteiger partial charge on any atom is 0.257 e. The zero-order valence-electron chi connectivity index (χ0n) is 25.7.